The van der Waals surface area contributed by atoms with Crippen LogP contribution in [0.25, 0.3) is 0 Å². The fraction of sp³-hybridized carbons (Fsp3) is 0.462. The first-order valence-corrected chi connectivity index (χ1v) is 6.48. The Balaban J connectivity index is 2.30. The van der Waals surface area contributed by atoms with Gasteiger partial charge in [0, 0.05) is 19.7 Å². The van der Waals surface area contributed by atoms with Gasteiger partial charge in [0.15, 0.2) is 0 Å². The zero-order valence-corrected chi connectivity index (χ0v) is 11.6. The molecule has 0 aromatic carbocycles. The molecule has 0 unspecified atom stereocenters. The van der Waals surface area contributed by atoms with Crippen LogP contribution in [0.4, 0.5) is 5.69 Å². The Morgan fingerprint density at radius 3 is 2.63 bits per heavy atom. The maximum atomic E-state index is 11.9. The van der Waals surface area contributed by atoms with Crippen LogP contribution in [0.5, 0.6) is 0 Å². The molecule has 2 rings (SSSR count). The molecule has 2 heterocycles. The molecule has 6 heteroatoms. The molecule has 0 bridgehead atoms. The molecule has 0 fully saturated rings. The van der Waals surface area contributed by atoms with Crippen molar-refractivity contribution in [2.45, 2.75) is 33.4 Å². The Kier molecular flexibility index (Phi) is 3.99. The van der Waals surface area contributed by atoms with Crippen LogP contribution >= 0.6 is 0 Å². The monoisotopic (exact) mass is 261 g/mol. The molecule has 2 aromatic rings. The summed E-state index contributed by atoms with van der Waals surface area (Å²) in [7, 11) is 1.76. The van der Waals surface area contributed by atoms with Crippen LogP contribution in [0, 0.1) is 0 Å². The van der Waals surface area contributed by atoms with Crippen molar-refractivity contribution in [2.24, 2.45) is 0 Å². The van der Waals surface area contributed by atoms with Gasteiger partial charge in [-0.05, 0) is 19.4 Å². The SMILES string of the molecule is CCc1cc(Cn2ncc(NC)cc2=O)n(CC)n1. The van der Waals surface area contributed by atoms with Crippen molar-refractivity contribution in [1.82, 2.24) is 19.6 Å². The van der Waals surface area contributed by atoms with Crippen LogP contribution < -0.4 is 10.9 Å². The first kappa shape index (κ1) is 13.3. The van der Waals surface area contributed by atoms with Crippen molar-refractivity contribution in [3.8, 4) is 0 Å². The Morgan fingerprint density at radius 2 is 2.05 bits per heavy atom. The van der Waals surface area contributed by atoms with E-state index in [1.165, 1.54) is 4.68 Å². The van der Waals surface area contributed by atoms with Gasteiger partial charge in [0.05, 0.1) is 29.8 Å². The second-order valence-electron chi connectivity index (χ2n) is 4.29. The van der Waals surface area contributed by atoms with Crippen LogP contribution in [-0.4, -0.2) is 26.6 Å². The lowest BCUT2D eigenvalue weighted by Crippen LogP contribution is -2.24. The molecule has 0 aliphatic rings. The molecule has 0 saturated carbocycles. The van der Waals surface area contributed by atoms with Gasteiger partial charge in [-0.2, -0.15) is 10.2 Å². The zero-order chi connectivity index (χ0) is 13.8. The van der Waals surface area contributed by atoms with E-state index in [9.17, 15) is 4.79 Å². The standard InChI is InChI=1S/C13H19N5O/c1-4-10-6-12(17(5-2)16-10)9-18-13(19)7-11(14-3)8-15-18/h6-8,14H,4-5,9H2,1-3H3. The van der Waals surface area contributed by atoms with Gasteiger partial charge in [-0.25, -0.2) is 4.68 Å². The summed E-state index contributed by atoms with van der Waals surface area (Å²) >= 11 is 0. The van der Waals surface area contributed by atoms with E-state index in [0.717, 1.165) is 30.0 Å². The molecule has 0 atom stereocenters. The Labute approximate surface area is 112 Å². The molecule has 2 aromatic heterocycles. The smallest absolute Gasteiger partial charge is 0.269 e. The van der Waals surface area contributed by atoms with Crippen molar-refractivity contribution in [2.75, 3.05) is 12.4 Å². The van der Waals surface area contributed by atoms with E-state index in [0.29, 0.717) is 6.54 Å². The van der Waals surface area contributed by atoms with Gasteiger partial charge >= 0.3 is 0 Å². The Bertz CT molecular complexity index is 614. The van der Waals surface area contributed by atoms with E-state index >= 15 is 0 Å². The minimum atomic E-state index is -0.117. The third-order valence-corrected chi connectivity index (χ3v) is 3.05. The fourth-order valence-electron chi connectivity index (χ4n) is 1.93. The molecule has 0 radical (unpaired) electrons. The highest BCUT2D eigenvalue weighted by molar-refractivity contribution is 5.37. The van der Waals surface area contributed by atoms with Crippen molar-refractivity contribution in [3.05, 3.63) is 40.1 Å². The number of nitrogens with one attached hydrogen (secondary N) is 1. The van der Waals surface area contributed by atoms with Gasteiger partial charge in [0.1, 0.15) is 0 Å². The maximum Gasteiger partial charge on any atom is 0.269 e. The van der Waals surface area contributed by atoms with Gasteiger partial charge in [0.25, 0.3) is 5.56 Å². The average molecular weight is 261 g/mol. The summed E-state index contributed by atoms with van der Waals surface area (Å²) in [4.78, 5) is 11.9. The van der Waals surface area contributed by atoms with Crippen LogP contribution in [0.3, 0.4) is 0 Å². The van der Waals surface area contributed by atoms with E-state index in [4.69, 9.17) is 0 Å². The summed E-state index contributed by atoms with van der Waals surface area (Å²) in [6.45, 7) is 5.34. The largest absolute Gasteiger partial charge is 0.387 e. The molecule has 0 aliphatic carbocycles. The summed E-state index contributed by atoms with van der Waals surface area (Å²) in [6, 6.07) is 3.57. The van der Waals surface area contributed by atoms with Crippen molar-refractivity contribution >= 4 is 5.69 Å². The van der Waals surface area contributed by atoms with Crippen molar-refractivity contribution in [3.63, 3.8) is 0 Å². The highest BCUT2D eigenvalue weighted by Crippen LogP contribution is 2.07. The zero-order valence-electron chi connectivity index (χ0n) is 11.6. The molecule has 0 saturated heterocycles. The van der Waals surface area contributed by atoms with E-state index in [2.05, 4.69) is 22.4 Å². The van der Waals surface area contributed by atoms with Gasteiger partial charge < -0.3 is 5.32 Å². The highest BCUT2D eigenvalue weighted by Gasteiger charge is 2.08. The van der Waals surface area contributed by atoms with Gasteiger partial charge in [-0.3, -0.25) is 9.48 Å². The molecule has 102 valence electrons. The van der Waals surface area contributed by atoms with Crippen LogP contribution in [0.2, 0.25) is 0 Å². The molecule has 0 amide bonds. The lowest BCUT2D eigenvalue weighted by Gasteiger charge is -2.07. The quantitative estimate of drug-likeness (QED) is 0.875. The van der Waals surface area contributed by atoms with Crippen molar-refractivity contribution in [1.29, 1.82) is 0 Å². The van der Waals surface area contributed by atoms with E-state index in [1.807, 2.05) is 17.7 Å². The lowest BCUT2D eigenvalue weighted by molar-refractivity contribution is 0.558. The molecule has 0 aliphatic heterocycles. The number of aromatic nitrogens is 4. The van der Waals surface area contributed by atoms with E-state index < -0.39 is 0 Å². The predicted octanol–water partition coefficient (Wildman–Crippen LogP) is 1.11. The number of nitrogens with zero attached hydrogens (tertiary/aromatic N) is 4. The molecular weight excluding hydrogens is 242 g/mol. The fourth-order valence-corrected chi connectivity index (χ4v) is 1.93. The number of aryl methyl sites for hydroxylation is 2. The normalized spacial score (nSPS) is 10.7. The topological polar surface area (TPSA) is 64.7 Å². The highest BCUT2D eigenvalue weighted by atomic mass is 16.1. The number of hydrogen-bond donors (Lipinski definition) is 1. The number of anilines is 1. The first-order valence-electron chi connectivity index (χ1n) is 6.48. The molecule has 0 spiro atoms. The summed E-state index contributed by atoms with van der Waals surface area (Å²) in [5.41, 5.74) is 2.65. The third-order valence-electron chi connectivity index (χ3n) is 3.05. The average Bonchev–Trinajstić information content (AvgIpc) is 2.83. The predicted molar refractivity (Wildman–Crippen MR) is 74.4 cm³/mol. The van der Waals surface area contributed by atoms with Crippen LogP contribution in [-0.2, 0) is 19.5 Å². The summed E-state index contributed by atoms with van der Waals surface area (Å²) < 4.78 is 3.36. The minimum absolute atomic E-state index is 0.117. The molecule has 19 heavy (non-hydrogen) atoms. The number of hydrogen-bond acceptors (Lipinski definition) is 4. The molecular formula is C13H19N5O. The van der Waals surface area contributed by atoms with Gasteiger partial charge in [0.2, 0.25) is 0 Å². The Hall–Kier alpha value is -2.11. The van der Waals surface area contributed by atoms with E-state index in [1.54, 1.807) is 19.3 Å². The molecule has 6 nitrogen and oxygen atoms in total. The summed E-state index contributed by atoms with van der Waals surface area (Å²) in [5, 5.41) is 11.5. The van der Waals surface area contributed by atoms with Gasteiger partial charge in [-0.15, -0.1) is 0 Å². The first-order chi connectivity index (χ1) is 9.17. The summed E-state index contributed by atoms with van der Waals surface area (Å²) in [5.74, 6) is 0. The minimum Gasteiger partial charge on any atom is -0.387 e. The van der Waals surface area contributed by atoms with Crippen molar-refractivity contribution < 1.29 is 0 Å². The third kappa shape index (κ3) is 2.83. The van der Waals surface area contributed by atoms with Gasteiger partial charge in [-0.1, -0.05) is 6.92 Å². The van der Waals surface area contributed by atoms with E-state index in [-0.39, 0.29) is 5.56 Å². The second-order valence-corrected chi connectivity index (χ2v) is 4.29. The summed E-state index contributed by atoms with van der Waals surface area (Å²) in [6.07, 6.45) is 2.54. The number of rotatable bonds is 5. The maximum absolute atomic E-state index is 11.9. The van der Waals surface area contributed by atoms with Crippen LogP contribution in [0.1, 0.15) is 25.2 Å². The van der Waals surface area contributed by atoms with Crippen LogP contribution in [0.15, 0.2) is 23.1 Å². The lowest BCUT2D eigenvalue weighted by atomic mass is 10.3. The Morgan fingerprint density at radius 1 is 1.26 bits per heavy atom. The molecule has 1 N–H and O–H groups in total. The second kappa shape index (κ2) is 5.69.